The van der Waals surface area contributed by atoms with Gasteiger partial charge in [-0.2, -0.15) is 10.2 Å². The molecule has 27 heavy (non-hydrogen) atoms. The van der Waals surface area contributed by atoms with Gasteiger partial charge >= 0.3 is 0 Å². The number of halogens is 1. The summed E-state index contributed by atoms with van der Waals surface area (Å²) in [5, 5.41) is 19.7. The average Bonchev–Trinajstić information content (AvgIpc) is 3.00. The van der Waals surface area contributed by atoms with Gasteiger partial charge in [-0.3, -0.25) is 5.43 Å². The predicted octanol–water partition coefficient (Wildman–Crippen LogP) is 3.93. The van der Waals surface area contributed by atoms with Gasteiger partial charge in [0.25, 0.3) is 0 Å². The van der Waals surface area contributed by atoms with Crippen LogP contribution in [0, 0.1) is 6.92 Å². The summed E-state index contributed by atoms with van der Waals surface area (Å²) in [6, 6.07) is 14.2. The second-order valence-electron chi connectivity index (χ2n) is 5.86. The SMILES string of the molecule is Cc1nn(-c2ccc(Cl)cc2)c2ncnc(N/N=C/c3cccc(O)c3)c12. The summed E-state index contributed by atoms with van der Waals surface area (Å²) in [5.74, 6) is 0.734. The number of hydrogen-bond acceptors (Lipinski definition) is 6. The van der Waals surface area contributed by atoms with Crippen molar-refractivity contribution in [2.45, 2.75) is 6.92 Å². The van der Waals surface area contributed by atoms with Gasteiger partial charge in [-0.05, 0) is 48.9 Å². The molecule has 0 aliphatic heterocycles. The first kappa shape index (κ1) is 17.0. The van der Waals surface area contributed by atoms with Crippen LogP contribution in [-0.4, -0.2) is 31.1 Å². The lowest BCUT2D eigenvalue weighted by molar-refractivity contribution is 0.475. The normalized spacial score (nSPS) is 11.3. The Bertz CT molecular complexity index is 1140. The number of aryl methyl sites for hydroxylation is 1. The maximum absolute atomic E-state index is 9.51. The summed E-state index contributed by atoms with van der Waals surface area (Å²) in [6.07, 6.45) is 3.06. The van der Waals surface area contributed by atoms with Crippen LogP contribution in [0.15, 0.2) is 60.0 Å². The number of phenolic OH excluding ortho intramolecular Hbond substituents is 1. The number of hydrazone groups is 1. The van der Waals surface area contributed by atoms with Gasteiger partial charge < -0.3 is 5.11 Å². The van der Waals surface area contributed by atoms with E-state index in [4.69, 9.17) is 11.6 Å². The first-order valence-electron chi connectivity index (χ1n) is 8.16. The zero-order valence-electron chi connectivity index (χ0n) is 14.3. The van der Waals surface area contributed by atoms with Crippen LogP contribution in [0.5, 0.6) is 5.75 Å². The molecule has 134 valence electrons. The molecule has 2 N–H and O–H groups in total. The van der Waals surface area contributed by atoms with E-state index in [0.717, 1.165) is 22.3 Å². The topological polar surface area (TPSA) is 88.2 Å². The lowest BCUT2D eigenvalue weighted by Gasteiger charge is -2.04. The fourth-order valence-corrected chi connectivity index (χ4v) is 2.86. The monoisotopic (exact) mass is 378 g/mol. The van der Waals surface area contributed by atoms with Crippen molar-refractivity contribution in [2.75, 3.05) is 5.43 Å². The Morgan fingerprint density at radius 3 is 2.74 bits per heavy atom. The van der Waals surface area contributed by atoms with Crippen molar-refractivity contribution < 1.29 is 5.11 Å². The van der Waals surface area contributed by atoms with E-state index in [1.807, 2.05) is 25.1 Å². The number of anilines is 1. The number of nitrogens with one attached hydrogen (secondary N) is 1. The number of hydrogen-bond donors (Lipinski definition) is 2. The molecule has 2 aromatic carbocycles. The Morgan fingerprint density at radius 1 is 1.15 bits per heavy atom. The third-order valence-corrected chi connectivity index (χ3v) is 4.22. The van der Waals surface area contributed by atoms with Gasteiger partial charge in [-0.15, -0.1) is 0 Å². The first-order chi connectivity index (χ1) is 13.1. The Balaban J connectivity index is 1.69. The molecule has 0 aliphatic rings. The standard InChI is InChI=1S/C19H15ClN6O/c1-12-17-18(24-23-10-13-3-2-4-16(27)9-13)21-11-22-19(17)26(25-12)15-7-5-14(20)6-8-15/h2-11,27H,1H3,(H,21,22,24)/b23-10+. The van der Waals surface area contributed by atoms with E-state index in [1.54, 1.807) is 41.2 Å². The maximum atomic E-state index is 9.51. The fraction of sp³-hybridized carbons (Fsp3) is 0.0526. The number of aromatic nitrogens is 4. The van der Waals surface area contributed by atoms with E-state index in [-0.39, 0.29) is 5.75 Å². The Morgan fingerprint density at radius 2 is 1.96 bits per heavy atom. The highest BCUT2D eigenvalue weighted by Crippen LogP contribution is 2.25. The second-order valence-corrected chi connectivity index (χ2v) is 6.30. The Hall–Kier alpha value is -3.45. The minimum atomic E-state index is 0.184. The highest BCUT2D eigenvalue weighted by molar-refractivity contribution is 6.30. The molecule has 0 fully saturated rings. The first-order valence-corrected chi connectivity index (χ1v) is 8.54. The summed E-state index contributed by atoms with van der Waals surface area (Å²) in [5.41, 5.74) is 5.99. The number of phenols is 1. The van der Waals surface area contributed by atoms with Crippen molar-refractivity contribution in [1.29, 1.82) is 0 Å². The summed E-state index contributed by atoms with van der Waals surface area (Å²) in [6.45, 7) is 1.89. The van der Waals surface area contributed by atoms with Crippen molar-refractivity contribution in [3.8, 4) is 11.4 Å². The van der Waals surface area contributed by atoms with Gasteiger partial charge in [0, 0.05) is 5.02 Å². The molecule has 0 saturated carbocycles. The van der Waals surface area contributed by atoms with E-state index >= 15 is 0 Å². The second kappa shape index (κ2) is 7.05. The third-order valence-electron chi connectivity index (χ3n) is 3.97. The van der Waals surface area contributed by atoms with Crippen molar-refractivity contribution in [3.05, 3.63) is 71.1 Å². The van der Waals surface area contributed by atoms with Crippen molar-refractivity contribution in [2.24, 2.45) is 5.10 Å². The molecule has 0 aliphatic carbocycles. The molecular formula is C19H15ClN6O. The van der Waals surface area contributed by atoms with Crippen LogP contribution < -0.4 is 5.43 Å². The molecule has 0 radical (unpaired) electrons. The van der Waals surface area contributed by atoms with E-state index in [0.29, 0.717) is 16.5 Å². The summed E-state index contributed by atoms with van der Waals surface area (Å²) in [4.78, 5) is 8.65. The van der Waals surface area contributed by atoms with Crippen LogP contribution in [0.25, 0.3) is 16.7 Å². The lowest BCUT2D eigenvalue weighted by Crippen LogP contribution is -1.99. The highest BCUT2D eigenvalue weighted by atomic mass is 35.5. The van der Waals surface area contributed by atoms with Gasteiger partial charge in [0.1, 0.15) is 12.1 Å². The zero-order chi connectivity index (χ0) is 18.8. The molecule has 2 heterocycles. The van der Waals surface area contributed by atoms with Crippen LogP contribution in [0.1, 0.15) is 11.3 Å². The van der Waals surface area contributed by atoms with E-state index in [9.17, 15) is 5.11 Å². The highest BCUT2D eigenvalue weighted by Gasteiger charge is 2.14. The number of nitrogens with zero attached hydrogens (tertiary/aromatic N) is 5. The van der Waals surface area contributed by atoms with Crippen LogP contribution in [-0.2, 0) is 0 Å². The summed E-state index contributed by atoms with van der Waals surface area (Å²) >= 11 is 5.97. The largest absolute Gasteiger partial charge is 0.508 e. The lowest BCUT2D eigenvalue weighted by atomic mass is 10.2. The third kappa shape index (κ3) is 3.45. The van der Waals surface area contributed by atoms with Gasteiger partial charge in [0.2, 0.25) is 0 Å². The number of rotatable bonds is 4. The maximum Gasteiger partial charge on any atom is 0.168 e. The minimum absolute atomic E-state index is 0.184. The van der Waals surface area contributed by atoms with Crippen molar-refractivity contribution in [1.82, 2.24) is 19.7 Å². The molecule has 0 spiro atoms. The van der Waals surface area contributed by atoms with Crippen LogP contribution in [0.3, 0.4) is 0 Å². The predicted molar refractivity (Wildman–Crippen MR) is 106 cm³/mol. The molecule has 0 bridgehead atoms. The Kier molecular flexibility index (Phi) is 4.43. The molecule has 2 aromatic heterocycles. The molecule has 4 rings (SSSR count). The van der Waals surface area contributed by atoms with E-state index < -0.39 is 0 Å². The quantitative estimate of drug-likeness (QED) is 0.415. The zero-order valence-corrected chi connectivity index (χ0v) is 15.1. The molecule has 0 unspecified atom stereocenters. The molecule has 4 aromatic rings. The minimum Gasteiger partial charge on any atom is -0.508 e. The fourth-order valence-electron chi connectivity index (χ4n) is 2.74. The van der Waals surface area contributed by atoms with Crippen LogP contribution in [0.2, 0.25) is 5.02 Å². The van der Waals surface area contributed by atoms with Gasteiger partial charge in [-0.1, -0.05) is 23.7 Å². The van der Waals surface area contributed by atoms with E-state index in [2.05, 4.69) is 25.6 Å². The molecule has 0 atom stereocenters. The van der Waals surface area contributed by atoms with Gasteiger partial charge in [0.05, 0.1) is 23.0 Å². The number of fused-ring (bicyclic) bond motifs is 1. The van der Waals surface area contributed by atoms with E-state index in [1.165, 1.54) is 6.33 Å². The van der Waals surface area contributed by atoms with Gasteiger partial charge in [-0.25, -0.2) is 14.6 Å². The molecule has 0 amide bonds. The summed E-state index contributed by atoms with van der Waals surface area (Å²) < 4.78 is 1.74. The summed E-state index contributed by atoms with van der Waals surface area (Å²) in [7, 11) is 0. The van der Waals surface area contributed by atoms with Crippen molar-refractivity contribution >= 4 is 34.7 Å². The molecular weight excluding hydrogens is 364 g/mol. The Labute approximate surface area is 160 Å². The van der Waals surface area contributed by atoms with Gasteiger partial charge in [0.15, 0.2) is 11.5 Å². The number of benzene rings is 2. The van der Waals surface area contributed by atoms with Crippen LogP contribution >= 0.6 is 11.6 Å². The van der Waals surface area contributed by atoms with Crippen LogP contribution in [0.4, 0.5) is 5.82 Å². The molecule has 0 saturated heterocycles. The van der Waals surface area contributed by atoms with Crippen molar-refractivity contribution in [3.63, 3.8) is 0 Å². The molecule has 8 heteroatoms. The smallest absolute Gasteiger partial charge is 0.168 e. The average molecular weight is 379 g/mol. The molecule has 7 nitrogen and oxygen atoms in total. The number of aromatic hydroxyl groups is 1.